The monoisotopic (exact) mass is 351 g/mol. The number of hydrogen-bond acceptors (Lipinski definition) is 4. The van der Waals surface area contributed by atoms with Crippen molar-refractivity contribution in [2.75, 3.05) is 12.4 Å². The van der Waals surface area contributed by atoms with E-state index in [2.05, 4.69) is 10.4 Å². The first-order valence-electron chi connectivity index (χ1n) is 8.43. The largest absolute Gasteiger partial charge is 0.493 e. The molecule has 3 aromatic rings. The first-order chi connectivity index (χ1) is 12.7. The zero-order valence-corrected chi connectivity index (χ0v) is 14.6. The fraction of sp³-hybridized carbons (Fsp3) is 0.200. The molecular formula is C20H21N3O3. The van der Waals surface area contributed by atoms with Gasteiger partial charge in [0.1, 0.15) is 5.75 Å². The van der Waals surface area contributed by atoms with Crippen molar-refractivity contribution in [1.82, 2.24) is 9.78 Å². The Morgan fingerprint density at radius 2 is 1.85 bits per heavy atom. The van der Waals surface area contributed by atoms with Gasteiger partial charge in [-0.05, 0) is 48.9 Å². The second kappa shape index (κ2) is 8.71. The number of carbonyl (C=O) groups excluding carboxylic acids is 1. The molecule has 0 aliphatic carbocycles. The van der Waals surface area contributed by atoms with Crippen LogP contribution in [0.4, 0.5) is 5.69 Å². The van der Waals surface area contributed by atoms with Gasteiger partial charge in [0.25, 0.3) is 0 Å². The van der Waals surface area contributed by atoms with E-state index in [1.165, 1.54) is 0 Å². The molecule has 1 amide bonds. The fourth-order valence-electron chi connectivity index (χ4n) is 2.49. The number of carbonyl (C=O) groups is 1. The molecule has 0 aliphatic rings. The average molecular weight is 351 g/mol. The van der Waals surface area contributed by atoms with E-state index in [1.54, 1.807) is 13.3 Å². The number of aryl methyl sites for hydroxylation is 1. The van der Waals surface area contributed by atoms with Gasteiger partial charge >= 0.3 is 0 Å². The summed E-state index contributed by atoms with van der Waals surface area (Å²) < 4.78 is 12.9. The molecular weight excluding hydrogens is 330 g/mol. The van der Waals surface area contributed by atoms with E-state index in [4.69, 9.17) is 9.47 Å². The van der Waals surface area contributed by atoms with Crippen molar-refractivity contribution in [2.24, 2.45) is 0 Å². The molecule has 0 aliphatic heterocycles. The Morgan fingerprint density at radius 3 is 2.54 bits per heavy atom. The number of rotatable bonds is 8. The van der Waals surface area contributed by atoms with Gasteiger partial charge in [0.15, 0.2) is 11.5 Å². The SMILES string of the molecule is COc1ccccc1Oc1ccc(NC(=O)CCCn2cccn2)cc1. The first-order valence-corrected chi connectivity index (χ1v) is 8.43. The molecule has 0 bridgehead atoms. The molecule has 1 heterocycles. The van der Waals surface area contributed by atoms with Crippen LogP contribution in [0.5, 0.6) is 17.2 Å². The van der Waals surface area contributed by atoms with Crippen LogP contribution in [0.15, 0.2) is 67.0 Å². The summed E-state index contributed by atoms with van der Waals surface area (Å²) in [7, 11) is 1.60. The van der Waals surface area contributed by atoms with Gasteiger partial charge in [-0.25, -0.2) is 0 Å². The van der Waals surface area contributed by atoms with Gasteiger partial charge < -0.3 is 14.8 Å². The summed E-state index contributed by atoms with van der Waals surface area (Å²) in [6, 6.07) is 16.6. The first kappa shape index (κ1) is 17.5. The van der Waals surface area contributed by atoms with Gasteiger partial charge in [-0.1, -0.05) is 12.1 Å². The maximum Gasteiger partial charge on any atom is 0.224 e. The second-order valence-corrected chi connectivity index (χ2v) is 5.70. The van der Waals surface area contributed by atoms with Crippen LogP contribution < -0.4 is 14.8 Å². The predicted octanol–water partition coefficient (Wildman–Crippen LogP) is 4.10. The molecule has 2 aromatic carbocycles. The van der Waals surface area contributed by atoms with Crippen LogP contribution >= 0.6 is 0 Å². The smallest absolute Gasteiger partial charge is 0.224 e. The minimum Gasteiger partial charge on any atom is -0.493 e. The van der Waals surface area contributed by atoms with Crippen LogP contribution in [0.3, 0.4) is 0 Å². The highest BCUT2D eigenvalue weighted by Crippen LogP contribution is 2.31. The summed E-state index contributed by atoms with van der Waals surface area (Å²) in [5.74, 6) is 1.97. The Hall–Kier alpha value is -3.28. The normalized spacial score (nSPS) is 10.3. The minimum absolute atomic E-state index is 0.0180. The standard InChI is InChI=1S/C20H21N3O3/c1-25-18-6-2-3-7-19(18)26-17-11-9-16(10-12-17)22-20(24)8-4-14-23-15-5-13-21-23/h2-3,5-7,9-13,15H,4,8,14H2,1H3,(H,22,24). The zero-order valence-electron chi connectivity index (χ0n) is 14.6. The van der Waals surface area contributed by atoms with Gasteiger partial charge in [0.05, 0.1) is 7.11 Å². The number of anilines is 1. The fourth-order valence-corrected chi connectivity index (χ4v) is 2.49. The van der Waals surface area contributed by atoms with Crippen molar-refractivity contribution in [3.05, 3.63) is 67.0 Å². The summed E-state index contributed by atoms with van der Waals surface area (Å²) >= 11 is 0. The lowest BCUT2D eigenvalue weighted by atomic mass is 10.2. The Kier molecular flexibility index (Phi) is 5.88. The number of ether oxygens (including phenoxy) is 2. The number of nitrogens with zero attached hydrogens (tertiary/aromatic N) is 2. The molecule has 6 heteroatoms. The lowest BCUT2D eigenvalue weighted by molar-refractivity contribution is -0.116. The van der Waals surface area contributed by atoms with Crippen LogP contribution in [-0.4, -0.2) is 22.8 Å². The zero-order chi connectivity index (χ0) is 18.2. The summed E-state index contributed by atoms with van der Waals surface area (Å²) in [6.45, 7) is 0.728. The van der Waals surface area contributed by atoms with Crippen LogP contribution in [0.25, 0.3) is 0 Å². The van der Waals surface area contributed by atoms with Crippen molar-refractivity contribution in [3.8, 4) is 17.2 Å². The highest BCUT2D eigenvalue weighted by Gasteiger charge is 2.06. The Balaban J connectivity index is 1.50. The quantitative estimate of drug-likeness (QED) is 0.663. The molecule has 0 unspecified atom stereocenters. The summed E-state index contributed by atoms with van der Waals surface area (Å²) in [5, 5.41) is 7.00. The van der Waals surface area contributed by atoms with Crippen molar-refractivity contribution < 1.29 is 14.3 Å². The Bertz CT molecular complexity index is 830. The van der Waals surface area contributed by atoms with Gasteiger partial charge in [-0.3, -0.25) is 9.48 Å². The Labute approximate surface area is 152 Å². The van der Waals surface area contributed by atoms with Gasteiger partial charge in [0, 0.05) is 31.0 Å². The summed E-state index contributed by atoms with van der Waals surface area (Å²) in [4.78, 5) is 12.0. The van der Waals surface area contributed by atoms with Crippen molar-refractivity contribution in [2.45, 2.75) is 19.4 Å². The van der Waals surface area contributed by atoms with Crippen molar-refractivity contribution in [1.29, 1.82) is 0 Å². The van der Waals surface area contributed by atoms with Crippen molar-refractivity contribution >= 4 is 11.6 Å². The molecule has 1 aromatic heterocycles. The minimum atomic E-state index is -0.0180. The van der Waals surface area contributed by atoms with E-state index in [0.717, 1.165) is 18.7 Å². The van der Waals surface area contributed by atoms with E-state index < -0.39 is 0 Å². The van der Waals surface area contributed by atoms with E-state index in [1.807, 2.05) is 65.5 Å². The third-order valence-electron chi connectivity index (χ3n) is 3.79. The molecule has 1 N–H and O–H groups in total. The second-order valence-electron chi connectivity index (χ2n) is 5.70. The number of benzene rings is 2. The molecule has 26 heavy (non-hydrogen) atoms. The highest BCUT2D eigenvalue weighted by molar-refractivity contribution is 5.90. The number of aromatic nitrogens is 2. The van der Waals surface area contributed by atoms with Gasteiger partial charge in [0.2, 0.25) is 5.91 Å². The number of nitrogens with one attached hydrogen (secondary N) is 1. The maximum atomic E-state index is 12.0. The van der Waals surface area contributed by atoms with E-state index in [0.29, 0.717) is 23.7 Å². The van der Waals surface area contributed by atoms with Crippen LogP contribution in [0.1, 0.15) is 12.8 Å². The van der Waals surface area contributed by atoms with Crippen LogP contribution in [0, 0.1) is 0 Å². The molecule has 0 atom stereocenters. The molecule has 0 spiro atoms. The van der Waals surface area contributed by atoms with Gasteiger partial charge in [-0.15, -0.1) is 0 Å². The van der Waals surface area contributed by atoms with Crippen LogP contribution in [0.2, 0.25) is 0 Å². The van der Waals surface area contributed by atoms with E-state index >= 15 is 0 Å². The predicted molar refractivity (Wildman–Crippen MR) is 99.6 cm³/mol. The number of para-hydroxylation sites is 2. The Morgan fingerprint density at radius 1 is 1.08 bits per heavy atom. The number of amides is 1. The summed E-state index contributed by atoms with van der Waals surface area (Å²) in [6.07, 6.45) is 4.80. The average Bonchev–Trinajstić information content (AvgIpc) is 3.17. The molecule has 6 nitrogen and oxygen atoms in total. The molecule has 3 rings (SSSR count). The number of methoxy groups -OCH3 is 1. The number of hydrogen-bond donors (Lipinski definition) is 1. The van der Waals surface area contributed by atoms with E-state index in [9.17, 15) is 4.79 Å². The molecule has 134 valence electrons. The van der Waals surface area contributed by atoms with E-state index in [-0.39, 0.29) is 5.91 Å². The molecule has 0 fully saturated rings. The van der Waals surface area contributed by atoms with Gasteiger partial charge in [-0.2, -0.15) is 5.10 Å². The van der Waals surface area contributed by atoms with Crippen molar-refractivity contribution in [3.63, 3.8) is 0 Å². The molecule has 0 saturated carbocycles. The third kappa shape index (κ3) is 4.86. The topological polar surface area (TPSA) is 65.4 Å². The lowest BCUT2D eigenvalue weighted by Crippen LogP contribution is -2.12. The highest BCUT2D eigenvalue weighted by atomic mass is 16.5. The third-order valence-corrected chi connectivity index (χ3v) is 3.79. The molecule has 0 radical (unpaired) electrons. The molecule has 0 saturated heterocycles. The van der Waals surface area contributed by atoms with Crippen LogP contribution in [-0.2, 0) is 11.3 Å². The lowest BCUT2D eigenvalue weighted by Gasteiger charge is -2.11. The maximum absolute atomic E-state index is 12.0. The summed E-state index contributed by atoms with van der Waals surface area (Å²) in [5.41, 5.74) is 0.737.